The van der Waals surface area contributed by atoms with Crippen molar-refractivity contribution < 1.29 is 14.5 Å². The molecule has 0 radical (unpaired) electrons. The van der Waals surface area contributed by atoms with Gasteiger partial charge in [-0.25, -0.2) is 0 Å². The van der Waals surface area contributed by atoms with Crippen LogP contribution in [0.25, 0.3) is 0 Å². The predicted octanol–water partition coefficient (Wildman–Crippen LogP) is 0.185. The summed E-state index contributed by atoms with van der Waals surface area (Å²) in [5.74, 6) is -0.829. The van der Waals surface area contributed by atoms with Crippen LogP contribution in [0, 0.1) is 10.1 Å². The zero-order chi connectivity index (χ0) is 14.7. The van der Waals surface area contributed by atoms with Gasteiger partial charge in [0.2, 0.25) is 5.91 Å². The normalized spacial score (nSPS) is 13.6. The van der Waals surface area contributed by atoms with Crippen molar-refractivity contribution in [3.8, 4) is 0 Å². The maximum atomic E-state index is 11.8. The smallest absolute Gasteiger partial charge is 0.292 e. The van der Waals surface area contributed by atoms with E-state index in [-0.39, 0.29) is 35.4 Å². The van der Waals surface area contributed by atoms with E-state index in [1.54, 1.807) is 0 Å². The maximum absolute atomic E-state index is 11.8. The molecule has 1 aromatic carbocycles. The molecule has 0 aromatic heterocycles. The molecule has 1 aromatic rings. The Balaban J connectivity index is 1.96. The quantitative estimate of drug-likeness (QED) is 0.402. The van der Waals surface area contributed by atoms with Gasteiger partial charge in [-0.3, -0.25) is 19.7 Å². The number of nitrogens with two attached hydrogens (primary N) is 1. The molecule has 2 rings (SSSR count). The first-order chi connectivity index (χ1) is 9.47. The first-order valence-electron chi connectivity index (χ1n) is 6.09. The molecule has 0 saturated heterocycles. The molecule has 106 valence electrons. The van der Waals surface area contributed by atoms with Crippen LogP contribution < -0.4 is 16.4 Å². The first-order valence-corrected chi connectivity index (χ1v) is 6.09. The summed E-state index contributed by atoms with van der Waals surface area (Å²) in [4.78, 5) is 33.2. The molecule has 0 heterocycles. The lowest BCUT2D eigenvalue weighted by atomic mass is 10.1. The molecule has 1 saturated carbocycles. The summed E-state index contributed by atoms with van der Waals surface area (Å²) >= 11 is 0. The number of carbonyl (C=O) groups excluding carboxylic acids is 2. The minimum atomic E-state index is -0.661. The van der Waals surface area contributed by atoms with Crippen molar-refractivity contribution in [2.45, 2.75) is 18.9 Å². The second-order valence-corrected chi connectivity index (χ2v) is 4.56. The van der Waals surface area contributed by atoms with E-state index < -0.39 is 10.8 Å². The van der Waals surface area contributed by atoms with Crippen molar-refractivity contribution in [3.05, 3.63) is 33.9 Å². The summed E-state index contributed by atoms with van der Waals surface area (Å²) in [6, 6.07) is 3.97. The van der Waals surface area contributed by atoms with Gasteiger partial charge in [0.25, 0.3) is 11.6 Å². The highest BCUT2D eigenvalue weighted by atomic mass is 16.6. The summed E-state index contributed by atoms with van der Waals surface area (Å²) in [6.07, 6.45) is 1.92. The van der Waals surface area contributed by atoms with Gasteiger partial charge >= 0.3 is 0 Å². The van der Waals surface area contributed by atoms with E-state index in [0.717, 1.165) is 18.9 Å². The largest absolute Gasteiger partial charge is 0.393 e. The van der Waals surface area contributed by atoms with Crippen molar-refractivity contribution in [1.29, 1.82) is 0 Å². The number of rotatable bonds is 5. The van der Waals surface area contributed by atoms with Crippen LogP contribution in [-0.2, 0) is 4.79 Å². The second kappa shape index (κ2) is 5.55. The minimum Gasteiger partial charge on any atom is -0.393 e. The van der Waals surface area contributed by atoms with Crippen molar-refractivity contribution in [2.75, 3.05) is 12.3 Å². The predicted molar refractivity (Wildman–Crippen MR) is 71.0 cm³/mol. The lowest BCUT2D eigenvalue weighted by Gasteiger charge is -2.06. The van der Waals surface area contributed by atoms with Crippen LogP contribution in [0.3, 0.4) is 0 Å². The zero-order valence-electron chi connectivity index (χ0n) is 10.6. The van der Waals surface area contributed by atoms with Crippen molar-refractivity contribution in [3.63, 3.8) is 0 Å². The van der Waals surface area contributed by atoms with Gasteiger partial charge in [-0.05, 0) is 25.0 Å². The number of anilines is 1. The molecular weight excluding hydrogens is 264 g/mol. The molecule has 0 spiro atoms. The molecule has 20 heavy (non-hydrogen) atoms. The fourth-order valence-electron chi connectivity index (χ4n) is 1.61. The number of nitro groups is 1. The fourth-order valence-corrected chi connectivity index (χ4v) is 1.61. The molecule has 8 nitrogen and oxygen atoms in total. The number of nitrogens with zero attached hydrogens (tertiary/aromatic N) is 1. The van der Waals surface area contributed by atoms with E-state index in [1.165, 1.54) is 12.1 Å². The molecule has 2 amide bonds. The Hall–Kier alpha value is -2.64. The number of hydrogen-bond acceptors (Lipinski definition) is 5. The second-order valence-electron chi connectivity index (χ2n) is 4.56. The third-order valence-electron chi connectivity index (χ3n) is 2.84. The van der Waals surface area contributed by atoms with E-state index in [1.807, 2.05) is 0 Å². The van der Waals surface area contributed by atoms with Crippen molar-refractivity contribution >= 4 is 23.2 Å². The number of carbonyl (C=O) groups is 2. The van der Waals surface area contributed by atoms with Crippen molar-refractivity contribution in [2.24, 2.45) is 0 Å². The van der Waals surface area contributed by atoms with Crippen LogP contribution in [0.4, 0.5) is 11.4 Å². The molecule has 0 bridgehead atoms. The van der Waals surface area contributed by atoms with Crippen LogP contribution in [-0.4, -0.2) is 29.3 Å². The van der Waals surface area contributed by atoms with Crippen LogP contribution in [0.15, 0.2) is 18.2 Å². The highest BCUT2D eigenvalue weighted by Crippen LogP contribution is 2.22. The minimum absolute atomic E-state index is 0.0157. The highest BCUT2D eigenvalue weighted by molar-refractivity contribution is 5.97. The van der Waals surface area contributed by atoms with Gasteiger partial charge < -0.3 is 16.4 Å². The van der Waals surface area contributed by atoms with Crippen LogP contribution in [0.1, 0.15) is 23.2 Å². The van der Waals surface area contributed by atoms with Gasteiger partial charge in [-0.2, -0.15) is 0 Å². The van der Waals surface area contributed by atoms with Gasteiger partial charge in [0, 0.05) is 17.7 Å². The number of benzene rings is 1. The molecule has 1 fully saturated rings. The summed E-state index contributed by atoms with van der Waals surface area (Å²) < 4.78 is 0. The average molecular weight is 278 g/mol. The number of nitro benzene ring substituents is 1. The average Bonchev–Trinajstić information content (AvgIpc) is 3.20. The first kappa shape index (κ1) is 13.8. The molecule has 1 aliphatic rings. The summed E-state index contributed by atoms with van der Waals surface area (Å²) in [5.41, 5.74) is 5.18. The fraction of sp³-hybridized carbons (Fsp3) is 0.333. The van der Waals surface area contributed by atoms with E-state index in [9.17, 15) is 19.7 Å². The van der Waals surface area contributed by atoms with E-state index in [2.05, 4.69) is 10.6 Å². The number of hydrogen-bond donors (Lipinski definition) is 3. The Bertz CT molecular complexity index is 569. The molecule has 4 N–H and O–H groups in total. The lowest BCUT2D eigenvalue weighted by Crippen LogP contribution is -2.37. The Labute approximate surface area is 114 Å². The SMILES string of the molecule is Nc1ccc(C(=O)NCC(=O)NC2CC2)cc1[N+](=O)[O-]. The Morgan fingerprint density at radius 1 is 1.40 bits per heavy atom. The Morgan fingerprint density at radius 2 is 2.10 bits per heavy atom. The number of nitrogens with one attached hydrogen (secondary N) is 2. The molecule has 0 unspecified atom stereocenters. The number of amides is 2. The Morgan fingerprint density at radius 3 is 2.70 bits per heavy atom. The molecule has 0 atom stereocenters. The summed E-state index contributed by atoms with van der Waals surface area (Å²) in [5, 5.41) is 15.8. The van der Waals surface area contributed by atoms with Crippen LogP contribution in [0.2, 0.25) is 0 Å². The third kappa shape index (κ3) is 3.44. The van der Waals surface area contributed by atoms with Gasteiger partial charge in [0.1, 0.15) is 5.69 Å². The van der Waals surface area contributed by atoms with Crippen molar-refractivity contribution in [1.82, 2.24) is 10.6 Å². The topological polar surface area (TPSA) is 127 Å². The van der Waals surface area contributed by atoms with E-state index in [4.69, 9.17) is 5.73 Å². The molecule has 0 aliphatic heterocycles. The highest BCUT2D eigenvalue weighted by Gasteiger charge is 2.23. The standard InChI is InChI=1S/C12H14N4O4/c13-9-4-1-7(5-10(9)16(19)20)12(18)14-6-11(17)15-8-2-3-8/h1,4-5,8H,2-3,6,13H2,(H,14,18)(H,15,17). The molecule has 8 heteroatoms. The summed E-state index contributed by atoms with van der Waals surface area (Å²) in [7, 11) is 0. The lowest BCUT2D eigenvalue weighted by molar-refractivity contribution is -0.383. The van der Waals surface area contributed by atoms with E-state index in [0.29, 0.717) is 0 Å². The van der Waals surface area contributed by atoms with Crippen LogP contribution >= 0.6 is 0 Å². The summed E-state index contributed by atoms with van der Waals surface area (Å²) in [6.45, 7) is -0.159. The van der Waals surface area contributed by atoms with Gasteiger partial charge in [0.05, 0.1) is 11.5 Å². The van der Waals surface area contributed by atoms with Gasteiger partial charge in [-0.15, -0.1) is 0 Å². The maximum Gasteiger partial charge on any atom is 0.292 e. The third-order valence-corrected chi connectivity index (χ3v) is 2.84. The van der Waals surface area contributed by atoms with Gasteiger partial charge in [-0.1, -0.05) is 0 Å². The molecular formula is C12H14N4O4. The zero-order valence-corrected chi connectivity index (χ0v) is 10.6. The number of nitrogen functional groups attached to an aromatic ring is 1. The monoisotopic (exact) mass is 278 g/mol. The van der Waals surface area contributed by atoms with Crippen LogP contribution in [0.5, 0.6) is 0 Å². The van der Waals surface area contributed by atoms with E-state index >= 15 is 0 Å². The Kier molecular flexibility index (Phi) is 3.83. The van der Waals surface area contributed by atoms with Gasteiger partial charge in [0.15, 0.2) is 0 Å². The molecule has 1 aliphatic carbocycles.